The van der Waals surface area contributed by atoms with Crippen molar-refractivity contribution in [1.82, 2.24) is 0 Å². The van der Waals surface area contributed by atoms with E-state index in [-0.39, 0.29) is 23.1 Å². The third kappa shape index (κ3) is 2.12. The van der Waals surface area contributed by atoms with Crippen LogP contribution >= 0.6 is 0 Å². The number of carboxylic acids is 1. The molecule has 0 bridgehead atoms. The highest BCUT2D eigenvalue weighted by Gasteiger charge is 2.33. The summed E-state index contributed by atoms with van der Waals surface area (Å²) in [6.45, 7) is 1.77. The third-order valence-electron chi connectivity index (χ3n) is 3.62. The van der Waals surface area contributed by atoms with E-state index < -0.39 is 5.97 Å². The lowest BCUT2D eigenvalue weighted by atomic mass is 10.1. The first-order chi connectivity index (χ1) is 9.68. The largest absolute Gasteiger partial charge is 0.489 e. The van der Waals surface area contributed by atoms with Gasteiger partial charge in [-0.05, 0) is 18.6 Å². The van der Waals surface area contributed by atoms with Gasteiger partial charge in [-0.1, -0.05) is 6.07 Å². The van der Waals surface area contributed by atoms with E-state index in [9.17, 15) is 14.7 Å². The highest BCUT2D eigenvalue weighted by molar-refractivity contribution is 6.00. The van der Waals surface area contributed by atoms with E-state index in [1.165, 1.54) is 6.07 Å². The van der Waals surface area contributed by atoms with Gasteiger partial charge in [0.1, 0.15) is 12.2 Å². The summed E-state index contributed by atoms with van der Waals surface area (Å²) in [6.07, 6.45) is 0.712. The molecule has 0 aromatic heterocycles. The molecule has 2 aliphatic rings. The van der Waals surface area contributed by atoms with Gasteiger partial charge in [0.05, 0.1) is 24.8 Å². The molecule has 2 aliphatic heterocycles. The van der Waals surface area contributed by atoms with Gasteiger partial charge < -0.3 is 19.5 Å². The van der Waals surface area contributed by atoms with Crippen LogP contribution in [0.3, 0.4) is 0 Å². The van der Waals surface area contributed by atoms with E-state index in [4.69, 9.17) is 9.47 Å². The summed E-state index contributed by atoms with van der Waals surface area (Å²) in [4.78, 5) is 25.3. The van der Waals surface area contributed by atoms with Crippen molar-refractivity contribution in [3.63, 3.8) is 0 Å². The Hall–Kier alpha value is -2.08. The van der Waals surface area contributed by atoms with Crippen LogP contribution in [0, 0.1) is 5.92 Å². The molecule has 0 spiro atoms. The molecular weight excluding hydrogens is 262 g/mol. The van der Waals surface area contributed by atoms with E-state index in [2.05, 4.69) is 0 Å². The molecule has 106 valence electrons. The van der Waals surface area contributed by atoms with E-state index in [1.807, 2.05) is 0 Å². The van der Waals surface area contributed by atoms with Gasteiger partial charge in [0.15, 0.2) is 5.75 Å². The van der Waals surface area contributed by atoms with Crippen molar-refractivity contribution in [2.75, 3.05) is 31.3 Å². The van der Waals surface area contributed by atoms with Crippen LogP contribution in [-0.2, 0) is 9.53 Å². The van der Waals surface area contributed by atoms with Crippen molar-refractivity contribution in [2.24, 2.45) is 5.92 Å². The van der Waals surface area contributed by atoms with Gasteiger partial charge in [0.25, 0.3) is 0 Å². The minimum Gasteiger partial charge on any atom is -0.489 e. The Balaban J connectivity index is 1.95. The molecule has 6 heteroatoms. The molecule has 1 fully saturated rings. The molecule has 1 atom stereocenters. The molecule has 1 aromatic carbocycles. The predicted molar refractivity (Wildman–Crippen MR) is 70.2 cm³/mol. The fourth-order valence-electron chi connectivity index (χ4n) is 2.60. The second-order valence-corrected chi connectivity index (χ2v) is 4.86. The predicted octanol–water partition coefficient (Wildman–Crippen LogP) is 1.15. The fraction of sp³-hybridized carbons (Fsp3) is 0.429. The Morgan fingerprint density at radius 3 is 2.85 bits per heavy atom. The monoisotopic (exact) mass is 277 g/mol. The van der Waals surface area contributed by atoms with Crippen LogP contribution in [-0.4, -0.2) is 43.3 Å². The van der Waals surface area contributed by atoms with Gasteiger partial charge in [0.2, 0.25) is 5.91 Å². The molecule has 2 heterocycles. The van der Waals surface area contributed by atoms with E-state index in [1.54, 1.807) is 17.0 Å². The highest BCUT2D eigenvalue weighted by atomic mass is 16.5. The Bertz CT molecular complexity index is 550. The summed E-state index contributed by atoms with van der Waals surface area (Å²) in [7, 11) is 0. The van der Waals surface area contributed by atoms with Crippen molar-refractivity contribution in [2.45, 2.75) is 6.42 Å². The summed E-state index contributed by atoms with van der Waals surface area (Å²) in [5.74, 6) is -0.942. The fourth-order valence-corrected chi connectivity index (χ4v) is 2.60. The van der Waals surface area contributed by atoms with Crippen LogP contribution in [0.5, 0.6) is 5.75 Å². The quantitative estimate of drug-likeness (QED) is 0.877. The molecule has 0 saturated carbocycles. The summed E-state index contributed by atoms with van der Waals surface area (Å²) in [6, 6.07) is 4.82. The first kappa shape index (κ1) is 12.9. The lowest BCUT2D eigenvalue weighted by Gasteiger charge is -2.31. The molecule has 6 nitrogen and oxygen atoms in total. The van der Waals surface area contributed by atoms with Gasteiger partial charge in [0, 0.05) is 6.61 Å². The van der Waals surface area contributed by atoms with Gasteiger partial charge in [-0.15, -0.1) is 0 Å². The summed E-state index contributed by atoms with van der Waals surface area (Å²) < 4.78 is 10.7. The molecule has 1 amide bonds. The molecule has 1 N–H and O–H groups in total. The molecular formula is C14H15NO5. The van der Waals surface area contributed by atoms with Gasteiger partial charge in [-0.25, -0.2) is 4.79 Å². The van der Waals surface area contributed by atoms with E-state index in [0.717, 1.165) is 0 Å². The lowest BCUT2D eigenvalue weighted by Crippen LogP contribution is -2.42. The summed E-state index contributed by atoms with van der Waals surface area (Å²) in [5.41, 5.74) is 0.621. The number of anilines is 1. The molecule has 20 heavy (non-hydrogen) atoms. The number of carbonyl (C=O) groups excluding carboxylic acids is 1. The summed E-state index contributed by atoms with van der Waals surface area (Å²) in [5, 5.41) is 9.17. The minimum atomic E-state index is -1.06. The number of amides is 1. The molecule has 1 unspecified atom stereocenters. The molecule has 0 aliphatic carbocycles. The van der Waals surface area contributed by atoms with Crippen LogP contribution in [0.25, 0.3) is 0 Å². The molecule has 1 saturated heterocycles. The maximum Gasteiger partial charge on any atom is 0.339 e. The van der Waals surface area contributed by atoms with Gasteiger partial charge in [-0.2, -0.15) is 0 Å². The standard InChI is InChI=1S/C14H15NO5/c16-13(9-4-6-19-8-9)15-5-7-20-12-10(14(17)18)2-1-3-11(12)15/h1-3,9H,4-8H2,(H,17,18). The number of carboxylic acid groups (broad SMARTS) is 1. The van der Waals surface area contributed by atoms with E-state index >= 15 is 0 Å². The molecule has 3 rings (SSSR count). The second-order valence-electron chi connectivity index (χ2n) is 4.86. The van der Waals surface area contributed by atoms with Crippen molar-refractivity contribution < 1.29 is 24.2 Å². The number of hydrogen-bond acceptors (Lipinski definition) is 4. The first-order valence-electron chi connectivity index (χ1n) is 6.56. The number of nitrogens with zero attached hydrogens (tertiary/aromatic N) is 1. The maximum atomic E-state index is 12.5. The lowest BCUT2D eigenvalue weighted by molar-refractivity contribution is -0.122. The Labute approximate surface area is 115 Å². The third-order valence-corrected chi connectivity index (χ3v) is 3.62. The number of hydrogen-bond donors (Lipinski definition) is 1. The van der Waals surface area contributed by atoms with E-state index in [0.29, 0.717) is 38.5 Å². The number of carbonyl (C=O) groups is 2. The normalized spacial score (nSPS) is 21.2. The average molecular weight is 277 g/mol. The van der Waals surface area contributed by atoms with Gasteiger partial charge in [-0.3, -0.25) is 4.79 Å². The van der Waals surface area contributed by atoms with Crippen molar-refractivity contribution in [3.05, 3.63) is 23.8 Å². The van der Waals surface area contributed by atoms with Gasteiger partial charge >= 0.3 is 5.97 Å². The Morgan fingerprint density at radius 1 is 1.30 bits per heavy atom. The topological polar surface area (TPSA) is 76.1 Å². The van der Waals surface area contributed by atoms with Crippen LogP contribution in [0.1, 0.15) is 16.8 Å². The second kappa shape index (κ2) is 5.13. The number of benzene rings is 1. The van der Waals surface area contributed by atoms with Crippen LogP contribution in [0.4, 0.5) is 5.69 Å². The highest BCUT2D eigenvalue weighted by Crippen LogP contribution is 2.36. The number of para-hydroxylation sites is 1. The molecule has 1 aromatic rings. The van der Waals surface area contributed by atoms with Crippen molar-refractivity contribution in [3.8, 4) is 5.75 Å². The minimum absolute atomic E-state index is 0.0189. The average Bonchev–Trinajstić information content (AvgIpc) is 2.99. The number of fused-ring (bicyclic) bond motifs is 1. The molecule has 0 radical (unpaired) electrons. The zero-order chi connectivity index (χ0) is 14.1. The smallest absolute Gasteiger partial charge is 0.339 e. The zero-order valence-corrected chi connectivity index (χ0v) is 10.9. The van der Waals surface area contributed by atoms with Crippen LogP contribution in [0.15, 0.2) is 18.2 Å². The van der Waals surface area contributed by atoms with Crippen LogP contribution < -0.4 is 9.64 Å². The number of aromatic carboxylic acids is 1. The SMILES string of the molecule is O=C(O)c1cccc2c1OCCN2C(=O)C1CCOC1. The van der Waals surface area contributed by atoms with Crippen LogP contribution in [0.2, 0.25) is 0 Å². The Kier molecular flexibility index (Phi) is 3.31. The zero-order valence-electron chi connectivity index (χ0n) is 10.9. The maximum absolute atomic E-state index is 12.5. The number of ether oxygens (including phenoxy) is 2. The first-order valence-corrected chi connectivity index (χ1v) is 6.56. The van der Waals surface area contributed by atoms with Crippen molar-refractivity contribution in [1.29, 1.82) is 0 Å². The summed E-state index contributed by atoms with van der Waals surface area (Å²) >= 11 is 0. The van der Waals surface area contributed by atoms with Crippen molar-refractivity contribution >= 4 is 17.6 Å². The number of rotatable bonds is 2. The Morgan fingerprint density at radius 2 is 2.15 bits per heavy atom.